The van der Waals surface area contributed by atoms with E-state index in [1.165, 1.54) is 19.9 Å². The number of carbonyl (C=O) groups is 1. The number of nitrogens with zero attached hydrogens (tertiary/aromatic N) is 6. The van der Waals surface area contributed by atoms with Gasteiger partial charge >= 0.3 is 0 Å². The third-order valence-electron chi connectivity index (χ3n) is 8.55. The van der Waals surface area contributed by atoms with Gasteiger partial charge < -0.3 is 14.8 Å². The van der Waals surface area contributed by atoms with E-state index in [0.29, 0.717) is 23.2 Å². The van der Waals surface area contributed by atoms with Crippen LogP contribution in [0.1, 0.15) is 60.6 Å². The van der Waals surface area contributed by atoms with Gasteiger partial charge in [-0.05, 0) is 62.8 Å². The van der Waals surface area contributed by atoms with Crippen LogP contribution in [0.15, 0.2) is 36.4 Å². The lowest BCUT2D eigenvalue weighted by molar-refractivity contribution is 0.0349. The van der Waals surface area contributed by atoms with Gasteiger partial charge in [0.1, 0.15) is 5.69 Å². The van der Waals surface area contributed by atoms with Crippen LogP contribution in [-0.2, 0) is 4.74 Å². The van der Waals surface area contributed by atoms with Crippen LogP contribution < -0.4 is 9.62 Å². The molecule has 1 aliphatic carbocycles. The zero-order valence-corrected chi connectivity index (χ0v) is 24.0. The minimum absolute atomic E-state index is 0.323. The number of ether oxygens (including phenoxy) is 1. The molecule has 4 heterocycles. The molecule has 1 saturated carbocycles. The number of hydroxylamine groups is 1. The zero-order chi connectivity index (χ0) is 27.5. The van der Waals surface area contributed by atoms with Crippen molar-refractivity contribution in [3.63, 3.8) is 0 Å². The number of benzene rings is 1. The highest BCUT2D eigenvalue weighted by Gasteiger charge is 2.31. The average molecular weight is 566 g/mol. The number of hydrogen-bond donors (Lipinski definition) is 2. The smallest absolute Gasteiger partial charge is 0.280 e. The molecule has 214 valence electrons. The maximum absolute atomic E-state index is 13.2. The molecule has 3 aromatic rings. The molecule has 2 N–H and O–H groups in total. The van der Waals surface area contributed by atoms with Gasteiger partial charge in [-0.1, -0.05) is 24.6 Å². The first-order valence-electron chi connectivity index (χ1n) is 14.5. The van der Waals surface area contributed by atoms with Crippen molar-refractivity contribution < 1.29 is 14.7 Å². The van der Waals surface area contributed by atoms with Crippen molar-refractivity contribution >= 4 is 34.8 Å². The SMILES string of the molecule is CN(O)SNC(=O)c1cc(N2CCC(CCN3CCOCC3)CC2)c2c(C3CCC3)nn(-c3ccccc3)c2n1. The van der Waals surface area contributed by atoms with Crippen LogP contribution in [0.2, 0.25) is 0 Å². The molecule has 0 spiro atoms. The highest BCUT2D eigenvalue weighted by Crippen LogP contribution is 2.43. The fourth-order valence-electron chi connectivity index (χ4n) is 6.02. The minimum atomic E-state index is -0.347. The van der Waals surface area contributed by atoms with Crippen LogP contribution in [0.4, 0.5) is 5.69 Å². The molecule has 0 unspecified atom stereocenters. The third kappa shape index (κ3) is 5.99. The Morgan fingerprint density at radius 1 is 1.12 bits per heavy atom. The molecule has 1 amide bonds. The molecule has 2 aromatic heterocycles. The average Bonchev–Trinajstić information content (AvgIpc) is 3.33. The Kier molecular flexibility index (Phi) is 8.54. The van der Waals surface area contributed by atoms with E-state index >= 15 is 0 Å². The largest absolute Gasteiger partial charge is 0.379 e. The summed E-state index contributed by atoms with van der Waals surface area (Å²) >= 11 is 0.823. The van der Waals surface area contributed by atoms with E-state index < -0.39 is 0 Å². The summed E-state index contributed by atoms with van der Waals surface area (Å²) in [6.45, 7) is 6.81. The Balaban J connectivity index is 1.32. The lowest BCUT2D eigenvalue weighted by atomic mass is 9.81. The summed E-state index contributed by atoms with van der Waals surface area (Å²) < 4.78 is 11.0. The summed E-state index contributed by atoms with van der Waals surface area (Å²) in [5.41, 5.74) is 4.11. The molecule has 2 saturated heterocycles. The van der Waals surface area contributed by atoms with E-state index in [4.69, 9.17) is 14.8 Å². The molecule has 1 aromatic carbocycles. The van der Waals surface area contributed by atoms with Crippen LogP contribution in [0.25, 0.3) is 16.7 Å². The van der Waals surface area contributed by atoms with Crippen molar-refractivity contribution in [3.05, 3.63) is 47.8 Å². The molecule has 2 aliphatic heterocycles. The van der Waals surface area contributed by atoms with E-state index in [2.05, 4.69) is 14.5 Å². The number of hydrogen-bond acceptors (Lipinski definition) is 9. The van der Waals surface area contributed by atoms with E-state index in [1.807, 2.05) is 41.1 Å². The fraction of sp³-hybridized carbons (Fsp3) is 0.552. The van der Waals surface area contributed by atoms with E-state index in [9.17, 15) is 10.0 Å². The molecule has 6 rings (SSSR count). The molecule has 40 heavy (non-hydrogen) atoms. The Morgan fingerprint density at radius 3 is 2.55 bits per heavy atom. The van der Waals surface area contributed by atoms with Crippen molar-refractivity contribution in [1.82, 2.24) is 28.9 Å². The van der Waals surface area contributed by atoms with Crippen LogP contribution >= 0.6 is 12.1 Å². The van der Waals surface area contributed by atoms with Crippen molar-refractivity contribution in [2.24, 2.45) is 5.92 Å². The van der Waals surface area contributed by atoms with E-state index in [0.717, 1.165) is 111 Å². The van der Waals surface area contributed by atoms with Gasteiger partial charge in [0.15, 0.2) is 5.65 Å². The first kappa shape index (κ1) is 27.5. The molecule has 3 fully saturated rings. The van der Waals surface area contributed by atoms with E-state index in [1.54, 1.807) is 0 Å². The number of carbonyl (C=O) groups excluding carboxylic acids is 1. The van der Waals surface area contributed by atoms with Crippen LogP contribution in [-0.4, -0.2) is 88.2 Å². The van der Waals surface area contributed by atoms with Gasteiger partial charge in [0.25, 0.3) is 5.91 Å². The monoisotopic (exact) mass is 565 g/mol. The number of morpholine rings is 1. The number of rotatable bonds is 9. The highest BCUT2D eigenvalue weighted by molar-refractivity contribution is 7.95. The molecule has 0 bridgehead atoms. The number of piperidine rings is 1. The normalized spacial score (nSPS) is 19.3. The maximum Gasteiger partial charge on any atom is 0.280 e. The summed E-state index contributed by atoms with van der Waals surface area (Å²) in [6.07, 6.45) is 6.96. The second-order valence-electron chi connectivity index (χ2n) is 11.1. The Morgan fingerprint density at radius 2 is 1.88 bits per heavy atom. The first-order valence-corrected chi connectivity index (χ1v) is 15.3. The minimum Gasteiger partial charge on any atom is -0.379 e. The van der Waals surface area contributed by atoms with Gasteiger partial charge in [0.2, 0.25) is 0 Å². The number of nitrogens with one attached hydrogen (secondary N) is 1. The summed E-state index contributed by atoms with van der Waals surface area (Å²) in [5, 5.41) is 15.8. The van der Waals surface area contributed by atoms with Gasteiger partial charge in [-0.15, -0.1) is 4.47 Å². The van der Waals surface area contributed by atoms with Crippen molar-refractivity contribution in [2.45, 2.75) is 44.4 Å². The molecule has 10 nitrogen and oxygen atoms in total. The van der Waals surface area contributed by atoms with Crippen molar-refractivity contribution in [3.8, 4) is 5.69 Å². The predicted octanol–water partition coefficient (Wildman–Crippen LogP) is 4.24. The molecular weight excluding hydrogens is 526 g/mol. The van der Waals surface area contributed by atoms with Gasteiger partial charge in [-0.2, -0.15) is 5.10 Å². The number of pyridine rings is 1. The molecule has 0 radical (unpaired) electrons. The molecular formula is C29H39N7O3S. The summed E-state index contributed by atoms with van der Waals surface area (Å²) in [5.74, 6) is 0.770. The zero-order valence-electron chi connectivity index (χ0n) is 23.2. The number of amides is 1. The molecule has 11 heteroatoms. The fourth-order valence-corrected chi connectivity index (χ4v) is 6.34. The Bertz CT molecular complexity index is 1300. The van der Waals surface area contributed by atoms with Crippen LogP contribution in [0, 0.1) is 5.92 Å². The highest BCUT2D eigenvalue weighted by atomic mass is 32.2. The third-order valence-corrected chi connectivity index (χ3v) is 9.09. The van der Waals surface area contributed by atoms with Crippen LogP contribution in [0.5, 0.6) is 0 Å². The van der Waals surface area contributed by atoms with Gasteiger partial charge in [0.05, 0.1) is 47.8 Å². The summed E-state index contributed by atoms with van der Waals surface area (Å²) in [6, 6.07) is 12.0. The maximum atomic E-state index is 13.2. The number of anilines is 1. The molecule has 0 atom stereocenters. The quantitative estimate of drug-likeness (QED) is 0.292. The van der Waals surface area contributed by atoms with Gasteiger partial charge in [-0.3, -0.25) is 14.4 Å². The second-order valence-corrected chi connectivity index (χ2v) is 12.1. The second kappa shape index (κ2) is 12.4. The number of para-hydroxylation sites is 1. The van der Waals surface area contributed by atoms with Crippen LogP contribution in [0.3, 0.4) is 0 Å². The number of fused-ring (bicyclic) bond motifs is 1. The standard InChI is InChI=1S/C29H39N7O3S/c1-33(38)40-32-29(37)24-20-25(35-14-11-21(12-15-35)10-13-34-16-18-39-19-17-34)26-27(22-6-5-7-22)31-36(28(26)30-24)23-8-3-2-4-9-23/h2-4,8-9,20-22,38H,5-7,10-19H2,1H3,(H,32,37). The van der Waals surface area contributed by atoms with Crippen molar-refractivity contribution in [2.75, 3.05) is 57.9 Å². The Labute approximate surface area is 239 Å². The summed E-state index contributed by atoms with van der Waals surface area (Å²) in [7, 11) is 1.46. The lowest BCUT2D eigenvalue weighted by Crippen LogP contribution is -2.39. The predicted molar refractivity (Wildman–Crippen MR) is 157 cm³/mol. The molecule has 3 aliphatic rings. The lowest BCUT2D eigenvalue weighted by Gasteiger charge is -2.36. The van der Waals surface area contributed by atoms with E-state index in [-0.39, 0.29) is 5.91 Å². The van der Waals surface area contributed by atoms with Gasteiger partial charge in [0, 0.05) is 39.1 Å². The first-order chi connectivity index (χ1) is 19.6. The Hall–Kier alpha value is -2.70. The van der Waals surface area contributed by atoms with Gasteiger partial charge in [-0.25, -0.2) is 9.67 Å². The topological polar surface area (TPSA) is 99.0 Å². The van der Waals surface area contributed by atoms with Crippen molar-refractivity contribution in [1.29, 1.82) is 0 Å². The summed E-state index contributed by atoms with van der Waals surface area (Å²) in [4.78, 5) is 23.0. The number of aromatic nitrogens is 3.